The van der Waals surface area contributed by atoms with E-state index >= 15 is 0 Å². The van der Waals surface area contributed by atoms with Crippen LogP contribution in [0, 0.1) is 0 Å². The third-order valence-electron chi connectivity index (χ3n) is 2.86. The second kappa shape index (κ2) is 6.24. The molecule has 0 saturated carbocycles. The topological polar surface area (TPSA) is 30.5 Å². The van der Waals surface area contributed by atoms with Crippen molar-refractivity contribution in [3.8, 4) is 5.75 Å². The highest BCUT2D eigenvalue weighted by Gasteiger charge is 2.24. The van der Waals surface area contributed by atoms with Gasteiger partial charge in [-0.05, 0) is 38.1 Å². The first kappa shape index (κ1) is 12.7. The predicted molar refractivity (Wildman–Crippen MR) is 68.8 cm³/mol. The SMILES string of the molecule is CNCC1CCC(COc2cccc(Cl)c2)O1. The molecular weight excluding hydrogens is 238 g/mol. The average Bonchev–Trinajstić information content (AvgIpc) is 2.75. The van der Waals surface area contributed by atoms with Crippen LogP contribution in [0.5, 0.6) is 5.75 Å². The fraction of sp³-hybridized carbons (Fsp3) is 0.538. The Morgan fingerprint density at radius 1 is 1.41 bits per heavy atom. The van der Waals surface area contributed by atoms with Gasteiger partial charge in [0.25, 0.3) is 0 Å². The Labute approximate surface area is 107 Å². The molecule has 1 aliphatic heterocycles. The molecule has 1 saturated heterocycles. The van der Waals surface area contributed by atoms with Gasteiger partial charge in [-0.25, -0.2) is 0 Å². The third-order valence-corrected chi connectivity index (χ3v) is 3.09. The highest BCUT2D eigenvalue weighted by atomic mass is 35.5. The molecule has 1 aromatic rings. The van der Waals surface area contributed by atoms with E-state index in [9.17, 15) is 0 Å². The molecule has 2 rings (SSSR count). The van der Waals surface area contributed by atoms with E-state index in [2.05, 4.69) is 5.32 Å². The Kier molecular flexibility index (Phi) is 4.66. The zero-order valence-corrected chi connectivity index (χ0v) is 10.7. The average molecular weight is 256 g/mol. The number of benzene rings is 1. The van der Waals surface area contributed by atoms with Crippen LogP contribution in [0.15, 0.2) is 24.3 Å². The molecule has 0 amide bonds. The summed E-state index contributed by atoms with van der Waals surface area (Å²) >= 11 is 5.89. The van der Waals surface area contributed by atoms with Crippen molar-refractivity contribution < 1.29 is 9.47 Å². The standard InChI is InChI=1S/C13H18ClNO2/c1-15-8-12-5-6-13(17-12)9-16-11-4-2-3-10(14)7-11/h2-4,7,12-13,15H,5-6,8-9H2,1H3. The Morgan fingerprint density at radius 3 is 3.00 bits per heavy atom. The molecule has 1 aromatic carbocycles. The van der Waals surface area contributed by atoms with Crippen molar-refractivity contribution in [3.63, 3.8) is 0 Å². The predicted octanol–water partition coefficient (Wildman–Crippen LogP) is 2.49. The number of rotatable bonds is 5. The fourth-order valence-electron chi connectivity index (χ4n) is 2.03. The zero-order chi connectivity index (χ0) is 12.1. The molecule has 1 fully saturated rings. The van der Waals surface area contributed by atoms with Gasteiger partial charge in [0.2, 0.25) is 0 Å². The monoisotopic (exact) mass is 255 g/mol. The highest BCUT2D eigenvalue weighted by molar-refractivity contribution is 6.30. The second-order valence-corrected chi connectivity index (χ2v) is 4.72. The lowest BCUT2D eigenvalue weighted by molar-refractivity contribution is 0.0193. The number of likely N-dealkylation sites (N-methyl/N-ethyl adjacent to an activating group) is 1. The van der Waals surface area contributed by atoms with Gasteiger partial charge in [-0.15, -0.1) is 0 Å². The number of halogens is 1. The first-order valence-electron chi connectivity index (χ1n) is 5.96. The normalized spacial score (nSPS) is 23.9. The smallest absolute Gasteiger partial charge is 0.120 e. The molecule has 0 aromatic heterocycles. The van der Waals surface area contributed by atoms with Crippen LogP contribution in [0.2, 0.25) is 5.02 Å². The number of hydrogen-bond donors (Lipinski definition) is 1. The van der Waals surface area contributed by atoms with Gasteiger partial charge in [0.1, 0.15) is 12.4 Å². The lowest BCUT2D eigenvalue weighted by atomic mass is 10.2. The van der Waals surface area contributed by atoms with Crippen LogP contribution in [0.4, 0.5) is 0 Å². The maximum Gasteiger partial charge on any atom is 0.120 e. The van der Waals surface area contributed by atoms with Gasteiger partial charge in [-0.1, -0.05) is 17.7 Å². The Hall–Kier alpha value is -0.770. The first-order chi connectivity index (χ1) is 8.28. The van der Waals surface area contributed by atoms with Crippen molar-refractivity contribution >= 4 is 11.6 Å². The van der Waals surface area contributed by atoms with Crippen LogP contribution in [0.1, 0.15) is 12.8 Å². The number of nitrogens with one attached hydrogen (secondary N) is 1. The quantitative estimate of drug-likeness (QED) is 0.877. The van der Waals surface area contributed by atoms with E-state index in [1.54, 1.807) is 0 Å². The van der Waals surface area contributed by atoms with E-state index in [0.717, 1.165) is 25.1 Å². The van der Waals surface area contributed by atoms with Crippen molar-refractivity contribution in [1.82, 2.24) is 5.32 Å². The maximum atomic E-state index is 5.89. The lowest BCUT2D eigenvalue weighted by Gasteiger charge is -2.14. The summed E-state index contributed by atoms with van der Waals surface area (Å²) in [5.41, 5.74) is 0. The van der Waals surface area contributed by atoms with E-state index in [1.165, 1.54) is 0 Å². The van der Waals surface area contributed by atoms with Crippen molar-refractivity contribution in [3.05, 3.63) is 29.3 Å². The summed E-state index contributed by atoms with van der Waals surface area (Å²) in [4.78, 5) is 0. The molecule has 2 atom stereocenters. The summed E-state index contributed by atoms with van der Waals surface area (Å²) in [6, 6.07) is 7.45. The molecule has 0 radical (unpaired) electrons. The molecule has 1 aliphatic rings. The van der Waals surface area contributed by atoms with E-state index in [-0.39, 0.29) is 6.10 Å². The molecule has 0 aliphatic carbocycles. The van der Waals surface area contributed by atoms with Gasteiger partial charge in [0.15, 0.2) is 0 Å². The first-order valence-corrected chi connectivity index (χ1v) is 6.34. The fourth-order valence-corrected chi connectivity index (χ4v) is 2.21. The highest BCUT2D eigenvalue weighted by Crippen LogP contribution is 2.22. The van der Waals surface area contributed by atoms with Crippen LogP contribution in [-0.4, -0.2) is 32.4 Å². The van der Waals surface area contributed by atoms with Crippen molar-refractivity contribution in [1.29, 1.82) is 0 Å². The van der Waals surface area contributed by atoms with Gasteiger partial charge in [0, 0.05) is 11.6 Å². The Morgan fingerprint density at radius 2 is 2.24 bits per heavy atom. The largest absolute Gasteiger partial charge is 0.491 e. The maximum absolute atomic E-state index is 5.89. The van der Waals surface area contributed by atoms with Crippen LogP contribution in [0.3, 0.4) is 0 Å². The summed E-state index contributed by atoms with van der Waals surface area (Å²) in [6.45, 7) is 1.51. The van der Waals surface area contributed by atoms with Gasteiger partial charge in [0.05, 0.1) is 12.2 Å². The van der Waals surface area contributed by atoms with E-state index in [1.807, 2.05) is 31.3 Å². The summed E-state index contributed by atoms with van der Waals surface area (Å²) in [5.74, 6) is 0.804. The van der Waals surface area contributed by atoms with Crippen LogP contribution >= 0.6 is 11.6 Å². The van der Waals surface area contributed by atoms with Crippen LogP contribution < -0.4 is 10.1 Å². The van der Waals surface area contributed by atoms with E-state index in [4.69, 9.17) is 21.1 Å². The van der Waals surface area contributed by atoms with Crippen molar-refractivity contribution in [2.24, 2.45) is 0 Å². The van der Waals surface area contributed by atoms with Crippen molar-refractivity contribution in [2.75, 3.05) is 20.2 Å². The van der Waals surface area contributed by atoms with Gasteiger partial charge in [-0.3, -0.25) is 0 Å². The minimum atomic E-state index is 0.201. The number of ether oxygens (including phenoxy) is 2. The molecule has 0 spiro atoms. The molecule has 4 heteroatoms. The lowest BCUT2D eigenvalue weighted by Crippen LogP contribution is -2.25. The van der Waals surface area contributed by atoms with Crippen LogP contribution in [0.25, 0.3) is 0 Å². The summed E-state index contributed by atoms with van der Waals surface area (Å²) < 4.78 is 11.5. The van der Waals surface area contributed by atoms with E-state index in [0.29, 0.717) is 17.7 Å². The molecule has 94 valence electrons. The van der Waals surface area contributed by atoms with Gasteiger partial charge in [-0.2, -0.15) is 0 Å². The molecule has 17 heavy (non-hydrogen) atoms. The minimum Gasteiger partial charge on any atom is -0.491 e. The number of hydrogen-bond acceptors (Lipinski definition) is 3. The van der Waals surface area contributed by atoms with Gasteiger partial charge < -0.3 is 14.8 Å². The third kappa shape index (κ3) is 3.87. The Bertz CT molecular complexity index is 359. The molecule has 1 heterocycles. The molecular formula is C13H18ClNO2. The molecule has 2 unspecified atom stereocenters. The van der Waals surface area contributed by atoms with E-state index < -0.39 is 0 Å². The van der Waals surface area contributed by atoms with Gasteiger partial charge >= 0.3 is 0 Å². The minimum absolute atomic E-state index is 0.201. The molecule has 1 N–H and O–H groups in total. The molecule has 3 nitrogen and oxygen atoms in total. The van der Waals surface area contributed by atoms with Crippen LogP contribution in [-0.2, 0) is 4.74 Å². The zero-order valence-electron chi connectivity index (χ0n) is 9.99. The summed E-state index contributed by atoms with van der Waals surface area (Å²) in [5, 5.41) is 3.83. The molecule has 0 bridgehead atoms. The van der Waals surface area contributed by atoms with Crippen molar-refractivity contribution in [2.45, 2.75) is 25.0 Å². The summed E-state index contributed by atoms with van der Waals surface area (Å²) in [6.07, 6.45) is 2.69. The Balaban J connectivity index is 1.76. The second-order valence-electron chi connectivity index (χ2n) is 4.28. The summed E-state index contributed by atoms with van der Waals surface area (Å²) in [7, 11) is 1.94.